The maximum Gasteiger partial charge on any atom is 0.0701 e. The fourth-order valence-electron chi connectivity index (χ4n) is 1.10. The fourth-order valence-corrected chi connectivity index (χ4v) is 1.78. The van der Waals surface area contributed by atoms with Gasteiger partial charge in [-0.25, -0.2) is 0 Å². The molecule has 0 spiro atoms. The normalized spacial score (nSPS) is 24.0. The molecule has 5 heteroatoms. The maximum absolute atomic E-state index is 5.38. The van der Waals surface area contributed by atoms with Gasteiger partial charge in [-0.15, -0.1) is 0 Å². The molecule has 15 heavy (non-hydrogen) atoms. The van der Waals surface area contributed by atoms with Crippen LogP contribution in [0.2, 0.25) is 0 Å². The lowest BCUT2D eigenvalue weighted by molar-refractivity contribution is 0.00206. The zero-order valence-electron chi connectivity index (χ0n) is 9.11. The molecule has 0 radical (unpaired) electrons. The third-order valence-electron chi connectivity index (χ3n) is 1.86. The Hall–Kier alpha value is 0.190. The number of hydrogen-bond donors (Lipinski definition) is 0. The first-order chi connectivity index (χ1) is 7.50. The third kappa shape index (κ3) is 9.14. The van der Waals surface area contributed by atoms with Crippen molar-refractivity contribution in [1.29, 1.82) is 0 Å². The summed E-state index contributed by atoms with van der Waals surface area (Å²) in [5.74, 6) is 2.06. The van der Waals surface area contributed by atoms with Crippen molar-refractivity contribution in [3.05, 3.63) is 0 Å². The number of ether oxygens (including phenoxy) is 4. The highest BCUT2D eigenvalue weighted by Gasteiger charge is 1.95. The van der Waals surface area contributed by atoms with E-state index in [1.165, 1.54) is 0 Å². The van der Waals surface area contributed by atoms with Crippen molar-refractivity contribution >= 4 is 11.8 Å². The standard InChI is InChI=1S/C10H20O4S/c1-2-12-4-6-14-8-10-15-9-7-13-5-3-11-1/h1-10H2. The summed E-state index contributed by atoms with van der Waals surface area (Å²) in [6.07, 6.45) is 0. The minimum absolute atomic E-state index is 0.637. The second kappa shape index (κ2) is 10.7. The Morgan fingerprint density at radius 2 is 0.800 bits per heavy atom. The van der Waals surface area contributed by atoms with Gasteiger partial charge in [-0.2, -0.15) is 11.8 Å². The van der Waals surface area contributed by atoms with Crippen LogP contribution in [0.4, 0.5) is 0 Å². The SMILES string of the molecule is C1COCCOCCSCCOCCO1. The van der Waals surface area contributed by atoms with Gasteiger partial charge in [-0.05, 0) is 0 Å². The molecule has 1 rings (SSSR count). The monoisotopic (exact) mass is 236 g/mol. The molecule has 90 valence electrons. The Bertz CT molecular complexity index is 76.0. The molecule has 0 aromatic rings. The van der Waals surface area contributed by atoms with Crippen molar-refractivity contribution in [2.45, 2.75) is 0 Å². The molecule has 1 saturated heterocycles. The Labute approximate surface area is 95.6 Å². The van der Waals surface area contributed by atoms with Gasteiger partial charge in [0.25, 0.3) is 0 Å². The predicted octanol–water partition coefficient (Wildman–Crippen LogP) is 0.800. The first-order valence-electron chi connectivity index (χ1n) is 5.39. The topological polar surface area (TPSA) is 36.9 Å². The van der Waals surface area contributed by atoms with E-state index in [0.29, 0.717) is 39.6 Å². The molecule has 1 aliphatic heterocycles. The average molecular weight is 236 g/mol. The van der Waals surface area contributed by atoms with E-state index in [1.807, 2.05) is 11.8 Å². The van der Waals surface area contributed by atoms with Crippen molar-refractivity contribution in [3.63, 3.8) is 0 Å². The van der Waals surface area contributed by atoms with E-state index in [1.54, 1.807) is 0 Å². The largest absolute Gasteiger partial charge is 0.378 e. The highest BCUT2D eigenvalue weighted by molar-refractivity contribution is 7.99. The van der Waals surface area contributed by atoms with Gasteiger partial charge in [0, 0.05) is 11.5 Å². The molecule has 0 aromatic heterocycles. The Kier molecular flexibility index (Phi) is 9.46. The fraction of sp³-hybridized carbons (Fsp3) is 1.00. The van der Waals surface area contributed by atoms with Gasteiger partial charge in [0.2, 0.25) is 0 Å². The van der Waals surface area contributed by atoms with E-state index in [-0.39, 0.29) is 0 Å². The third-order valence-corrected chi connectivity index (χ3v) is 2.77. The maximum atomic E-state index is 5.38. The first-order valence-corrected chi connectivity index (χ1v) is 6.54. The van der Waals surface area contributed by atoms with E-state index in [2.05, 4.69) is 0 Å². The smallest absolute Gasteiger partial charge is 0.0701 e. The number of rotatable bonds is 0. The van der Waals surface area contributed by atoms with Crippen LogP contribution in [0.5, 0.6) is 0 Å². The Balaban J connectivity index is 2.01. The van der Waals surface area contributed by atoms with Crippen LogP contribution in [-0.2, 0) is 18.9 Å². The molecule has 0 unspecified atom stereocenters. The van der Waals surface area contributed by atoms with E-state index in [0.717, 1.165) is 24.7 Å². The van der Waals surface area contributed by atoms with E-state index in [4.69, 9.17) is 18.9 Å². The molecule has 0 bridgehead atoms. The first kappa shape index (κ1) is 13.3. The molecule has 0 aromatic carbocycles. The number of hydrogen-bond acceptors (Lipinski definition) is 5. The summed E-state index contributed by atoms with van der Waals surface area (Å²) >= 11 is 1.85. The van der Waals surface area contributed by atoms with Crippen molar-refractivity contribution in [2.75, 3.05) is 64.4 Å². The minimum Gasteiger partial charge on any atom is -0.378 e. The van der Waals surface area contributed by atoms with Crippen LogP contribution in [0.25, 0.3) is 0 Å². The van der Waals surface area contributed by atoms with E-state index >= 15 is 0 Å². The summed E-state index contributed by atoms with van der Waals surface area (Å²) < 4.78 is 21.4. The zero-order valence-corrected chi connectivity index (χ0v) is 9.93. The van der Waals surface area contributed by atoms with Gasteiger partial charge < -0.3 is 18.9 Å². The summed E-state index contributed by atoms with van der Waals surface area (Å²) in [5, 5.41) is 0. The van der Waals surface area contributed by atoms with Crippen LogP contribution < -0.4 is 0 Å². The van der Waals surface area contributed by atoms with Crippen molar-refractivity contribution < 1.29 is 18.9 Å². The van der Waals surface area contributed by atoms with Crippen molar-refractivity contribution in [1.82, 2.24) is 0 Å². The molecule has 0 amide bonds. The molecule has 1 heterocycles. The molecule has 0 saturated carbocycles. The summed E-state index contributed by atoms with van der Waals surface area (Å²) in [4.78, 5) is 0. The molecule has 0 N–H and O–H groups in total. The predicted molar refractivity (Wildman–Crippen MR) is 60.6 cm³/mol. The molecular formula is C10H20O4S. The van der Waals surface area contributed by atoms with Crippen LogP contribution in [0.3, 0.4) is 0 Å². The van der Waals surface area contributed by atoms with Gasteiger partial charge in [-0.3, -0.25) is 0 Å². The summed E-state index contributed by atoms with van der Waals surface area (Å²) in [5.41, 5.74) is 0. The van der Waals surface area contributed by atoms with E-state index in [9.17, 15) is 0 Å². The highest BCUT2D eigenvalue weighted by Crippen LogP contribution is 1.99. The van der Waals surface area contributed by atoms with Crippen LogP contribution >= 0.6 is 11.8 Å². The van der Waals surface area contributed by atoms with Crippen LogP contribution in [0.1, 0.15) is 0 Å². The van der Waals surface area contributed by atoms with Crippen molar-refractivity contribution in [2.24, 2.45) is 0 Å². The Morgan fingerprint density at radius 1 is 0.467 bits per heavy atom. The quantitative estimate of drug-likeness (QED) is 0.622. The van der Waals surface area contributed by atoms with Gasteiger partial charge >= 0.3 is 0 Å². The molecule has 4 nitrogen and oxygen atoms in total. The molecule has 0 atom stereocenters. The summed E-state index contributed by atoms with van der Waals surface area (Å²) in [6.45, 7) is 5.54. The lowest BCUT2D eigenvalue weighted by Gasteiger charge is -2.05. The van der Waals surface area contributed by atoms with Gasteiger partial charge in [0.15, 0.2) is 0 Å². The molecule has 1 aliphatic rings. The van der Waals surface area contributed by atoms with Crippen LogP contribution in [0.15, 0.2) is 0 Å². The summed E-state index contributed by atoms with van der Waals surface area (Å²) in [6, 6.07) is 0. The van der Waals surface area contributed by atoms with Gasteiger partial charge in [0.1, 0.15) is 0 Å². The van der Waals surface area contributed by atoms with Crippen LogP contribution in [-0.4, -0.2) is 64.4 Å². The van der Waals surface area contributed by atoms with Crippen LogP contribution in [0, 0.1) is 0 Å². The average Bonchev–Trinajstić information content (AvgIpc) is 2.27. The highest BCUT2D eigenvalue weighted by atomic mass is 32.2. The van der Waals surface area contributed by atoms with Crippen molar-refractivity contribution in [3.8, 4) is 0 Å². The Morgan fingerprint density at radius 3 is 1.20 bits per heavy atom. The van der Waals surface area contributed by atoms with Gasteiger partial charge in [-0.1, -0.05) is 0 Å². The lowest BCUT2D eigenvalue weighted by atomic mass is 10.7. The second-order valence-corrected chi connectivity index (χ2v) is 4.29. The molecular weight excluding hydrogens is 216 g/mol. The minimum atomic E-state index is 0.637. The van der Waals surface area contributed by atoms with E-state index < -0.39 is 0 Å². The molecule has 1 fully saturated rings. The molecule has 0 aliphatic carbocycles. The summed E-state index contributed by atoms with van der Waals surface area (Å²) in [7, 11) is 0. The number of thioether (sulfide) groups is 1. The second-order valence-electron chi connectivity index (χ2n) is 3.06. The lowest BCUT2D eigenvalue weighted by Crippen LogP contribution is -2.12. The van der Waals surface area contributed by atoms with Gasteiger partial charge in [0.05, 0.1) is 52.9 Å². The zero-order chi connectivity index (χ0) is 10.6.